The molecule has 2 heterocycles. The van der Waals surface area contributed by atoms with E-state index < -0.39 is 10.0 Å². The summed E-state index contributed by atoms with van der Waals surface area (Å²) in [6.07, 6.45) is 1.09. The van der Waals surface area contributed by atoms with Crippen molar-refractivity contribution in [2.75, 3.05) is 13.1 Å². The van der Waals surface area contributed by atoms with E-state index >= 15 is 0 Å². The molecule has 0 saturated carbocycles. The van der Waals surface area contributed by atoms with Crippen LogP contribution in [0.3, 0.4) is 0 Å². The molecule has 3 rings (SSSR count). The number of benzene rings is 1. The summed E-state index contributed by atoms with van der Waals surface area (Å²) >= 11 is 4.51. The number of piperidine rings is 1. The fourth-order valence-corrected chi connectivity index (χ4v) is 6.71. The molecule has 1 aromatic carbocycles. The van der Waals surface area contributed by atoms with Crippen molar-refractivity contribution in [3.8, 4) is 0 Å². The molecule has 140 valence electrons. The molecule has 1 fully saturated rings. The first kappa shape index (κ1) is 19.5. The molecule has 1 aromatic heterocycles. The van der Waals surface area contributed by atoms with Gasteiger partial charge in [-0.1, -0.05) is 29.8 Å². The summed E-state index contributed by atoms with van der Waals surface area (Å²) < 4.78 is 27.9. The average molecular weight is 457 g/mol. The lowest BCUT2D eigenvalue weighted by atomic mass is 9.97. The van der Waals surface area contributed by atoms with Gasteiger partial charge in [0.05, 0.1) is 3.79 Å². The predicted octanol–water partition coefficient (Wildman–Crippen LogP) is 3.54. The number of hydrogen-bond donors (Lipinski definition) is 1. The number of sulfonamides is 1. The van der Waals surface area contributed by atoms with Gasteiger partial charge in [0.2, 0.25) is 5.91 Å². The largest absolute Gasteiger partial charge is 0.352 e. The van der Waals surface area contributed by atoms with Crippen molar-refractivity contribution in [1.82, 2.24) is 9.62 Å². The van der Waals surface area contributed by atoms with Crippen molar-refractivity contribution in [3.05, 3.63) is 51.3 Å². The molecule has 0 atom stereocenters. The SMILES string of the molecule is Cc1cccc(CNC(=O)C2CCN(S(=O)(=O)c3ccc(Br)s3)CC2)c1. The van der Waals surface area contributed by atoms with Crippen LogP contribution >= 0.6 is 27.3 Å². The predicted molar refractivity (Wildman–Crippen MR) is 107 cm³/mol. The number of aryl methyl sites for hydroxylation is 1. The lowest BCUT2D eigenvalue weighted by Gasteiger charge is -2.30. The van der Waals surface area contributed by atoms with Crippen molar-refractivity contribution in [1.29, 1.82) is 0 Å². The molecular formula is C18H21BrN2O3S2. The maximum atomic E-state index is 12.6. The van der Waals surface area contributed by atoms with Crippen LogP contribution in [0, 0.1) is 12.8 Å². The molecule has 8 heteroatoms. The number of amides is 1. The highest BCUT2D eigenvalue weighted by molar-refractivity contribution is 9.11. The zero-order valence-electron chi connectivity index (χ0n) is 14.4. The second kappa shape index (κ2) is 8.21. The minimum absolute atomic E-state index is 0.00224. The minimum atomic E-state index is -3.46. The van der Waals surface area contributed by atoms with Crippen LogP contribution in [0.1, 0.15) is 24.0 Å². The van der Waals surface area contributed by atoms with Gasteiger partial charge in [0.15, 0.2) is 0 Å². The fourth-order valence-electron chi connectivity index (χ4n) is 3.08. The van der Waals surface area contributed by atoms with Crippen LogP contribution in [0.4, 0.5) is 0 Å². The number of thiophene rings is 1. The van der Waals surface area contributed by atoms with Crippen LogP contribution in [0.25, 0.3) is 0 Å². The number of hydrogen-bond acceptors (Lipinski definition) is 4. The lowest BCUT2D eigenvalue weighted by Crippen LogP contribution is -2.42. The standard InChI is InChI=1S/C18H21BrN2O3S2/c1-13-3-2-4-14(11-13)12-20-18(22)15-7-9-21(10-8-15)26(23,24)17-6-5-16(19)25-17/h2-6,11,15H,7-10,12H2,1H3,(H,20,22). The molecule has 1 aliphatic heterocycles. The third-order valence-corrected chi connectivity index (χ3v) is 8.51. The molecule has 0 aliphatic carbocycles. The third-order valence-electron chi connectivity index (χ3n) is 4.52. The molecule has 5 nitrogen and oxygen atoms in total. The van der Waals surface area contributed by atoms with Gasteiger partial charge in [0, 0.05) is 25.6 Å². The second-order valence-corrected chi connectivity index (χ2v) is 11.1. The van der Waals surface area contributed by atoms with Crippen molar-refractivity contribution >= 4 is 43.2 Å². The Morgan fingerprint density at radius 3 is 2.62 bits per heavy atom. The summed E-state index contributed by atoms with van der Waals surface area (Å²) in [7, 11) is -3.46. The van der Waals surface area contributed by atoms with Crippen molar-refractivity contribution in [2.24, 2.45) is 5.92 Å². The molecule has 0 spiro atoms. The number of rotatable bonds is 5. The van der Waals surface area contributed by atoms with Crippen LogP contribution in [-0.2, 0) is 21.4 Å². The molecule has 26 heavy (non-hydrogen) atoms. The van der Waals surface area contributed by atoms with E-state index in [1.807, 2.05) is 25.1 Å². The lowest BCUT2D eigenvalue weighted by molar-refractivity contribution is -0.126. The molecule has 0 unspecified atom stereocenters. The van der Waals surface area contributed by atoms with Gasteiger partial charge in [0.25, 0.3) is 10.0 Å². The highest BCUT2D eigenvalue weighted by atomic mass is 79.9. The van der Waals surface area contributed by atoms with E-state index in [2.05, 4.69) is 27.3 Å². The van der Waals surface area contributed by atoms with E-state index in [0.29, 0.717) is 36.7 Å². The maximum absolute atomic E-state index is 12.6. The molecule has 0 bridgehead atoms. The van der Waals surface area contributed by atoms with Gasteiger partial charge in [-0.05, 0) is 53.4 Å². The van der Waals surface area contributed by atoms with E-state index in [0.717, 1.165) is 14.9 Å². The normalized spacial score (nSPS) is 16.5. The van der Waals surface area contributed by atoms with Gasteiger partial charge in [-0.15, -0.1) is 11.3 Å². The smallest absolute Gasteiger partial charge is 0.252 e. The fraction of sp³-hybridized carbons (Fsp3) is 0.389. The molecule has 1 saturated heterocycles. The van der Waals surface area contributed by atoms with Crippen molar-refractivity contribution < 1.29 is 13.2 Å². The summed E-state index contributed by atoms with van der Waals surface area (Å²) in [4.78, 5) is 12.4. The molecule has 1 aliphatic rings. The van der Waals surface area contributed by atoms with Crippen molar-refractivity contribution in [3.63, 3.8) is 0 Å². The Kier molecular flexibility index (Phi) is 6.17. The molecule has 0 radical (unpaired) electrons. The summed E-state index contributed by atoms with van der Waals surface area (Å²) in [6.45, 7) is 3.27. The zero-order valence-corrected chi connectivity index (χ0v) is 17.7. The minimum Gasteiger partial charge on any atom is -0.352 e. The quantitative estimate of drug-likeness (QED) is 0.747. The van der Waals surface area contributed by atoms with E-state index in [4.69, 9.17) is 0 Å². The number of nitrogens with zero attached hydrogens (tertiary/aromatic N) is 1. The molecule has 1 N–H and O–H groups in total. The van der Waals surface area contributed by atoms with E-state index in [9.17, 15) is 13.2 Å². The first-order valence-electron chi connectivity index (χ1n) is 8.45. The van der Waals surface area contributed by atoms with Crippen LogP contribution in [0.15, 0.2) is 44.4 Å². The Hall–Kier alpha value is -1.22. The summed E-state index contributed by atoms with van der Waals surface area (Å²) in [5.74, 6) is -0.135. The van der Waals surface area contributed by atoms with Crippen LogP contribution < -0.4 is 5.32 Å². The highest BCUT2D eigenvalue weighted by Gasteiger charge is 2.32. The Balaban J connectivity index is 1.54. The first-order valence-corrected chi connectivity index (χ1v) is 11.5. The Labute approximate surface area is 166 Å². The van der Waals surface area contributed by atoms with Crippen LogP contribution in [0.2, 0.25) is 0 Å². The number of nitrogens with one attached hydrogen (secondary N) is 1. The van der Waals surface area contributed by atoms with Gasteiger partial charge in [0.1, 0.15) is 4.21 Å². The third kappa shape index (κ3) is 4.54. The van der Waals surface area contributed by atoms with Crippen LogP contribution in [-0.4, -0.2) is 31.7 Å². The number of halogens is 1. The number of carbonyl (C=O) groups is 1. The summed E-state index contributed by atoms with van der Waals surface area (Å²) in [5, 5.41) is 2.97. The summed E-state index contributed by atoms with van der Waals surface area (Å²) in [5.41, 5.74) is 2.23. The zero-order chi connectivity index (χ0) is 18.7. The Bertz CT molecular complexity index is 887. The van der Waals surface area contributed by atoms with Gasteiger partial charge in [-0.3, -0.25) is 4.79 Å². The monoisotopic (exact) mass is 456 g/mol. The maximum Gasteiger partial charge on any atom is 0.252 e. The molecule has 1 amide bonds. The average Bonchev–Trinajstić information content (AvgIpc) is 3.07. The Morgan fingerprint density at radius 1 is 1.27 bits per heavy atom. The van der Waals surface area contributed by atoms with E-state index in [1.54, 1.807) is 12.1 Å². The van der Waals surface area contributed by atoms with Gasteiger partial charge < -0.3 is 5.32 Å². The number of carbonyl (C=O) groups excluding carboxylic acids is 1. The highest BCUT2D eigenvalue weighted by Crippen LogP contribution is 2.30. The Morgan fingerprint density at radius 2 is 2.00 bits per heavy atom. The van der Waals surface area contributed by atoms with Gasteiger partial charge >= 0.3 is 0 Å². The van der Waals surface area contributed by atoms with Crippen molar-refractivity contribution in [2.45, 2.75) is 30.5 Å². The summed E-state index contributed by atoms with van der Waals surface area (Å²) in [6, 6.07) is 11.4. The van der Waals surface area contributed by atoms with Crippen LogP contribution in [0.5, 0.6) is 0 Å². The van der Waals surface area contributed by atoms with Gasteiger partial charge in [-0.2, -0.15) is 4.31 Å². The second-order valence-electron chi connectivity index (χ2n) is 6.44. The van der Waals surface area contributed by atoms with E-state index in [1.165, 1.54) is 15.6 Å². The molecular weight excluding hydrogens is 436 g/mol. The van der Waals surface area contributed by atoms with Gasteiger partial charge in [-0.25, -0.2) is 8.42 Å². The topological polar surface area (TPSA) is 66.5 Å². The first-order chi connectivity index (χ1) is 12.4. The van der Waals surface area contributed by atoms with E-state index in [-0.39, 0.29) is 11.8 Å². The molecule has 2 aromatic rings.